The Morgan fingerprint density at radius 1 is 1.29 bits per heavy atom. The van der Waals surface area contributed by atoms with Crippen molar-refractivity contribution in [1.29, 1.82) is 0 Å². The maximum absolute atomic E-state index is 11.9. The van der Waals surface area contributed by atoms with Crippen LogP contribution in [0.25, 0.3) is 0 Å². The van der Waals surface area contributed by atoms with Gasteiger partial charge in [0, 0.05) is 12.5 Å². The van der Waals surface area contributed by atoms with Crippen molar-refractivity contribution in [2.24, 2.45) is 0 Å². The van der Waals surface area contributed by atoms with E-state index in [9.17, 15) is 9.59 Å². The maximum atomic E-state index is 11.9. The number of rotatable bonds is 8. The molecule has 2 amide bonds. The first-order chi connectivity index (χ1) is 11.5. The summed E-state index contributed by atoms with van der Waals surface area (Å²) in [5.74, 6) is 1.15. The number of benzene rings is 1. The number of anilines is 1. The highest BCUT2D eigenvalue weighted by Gasteiger charge is 2.16. The summed E-state index contributed by atoms with van der Waals surface area (Å²) in [6, 6.07) is 10.3. The fourth-order valence-electron chi connectivity index (χ4n) is 1.98. The van der Waals surface area contributed by atoms with Crippen molar-refractivity contribution >= 4 is 17.6 Å². The molecular weight excluding hydrogens is 310 g/mol. The average Bonchev–Trinajstić information content (AvgIpc) is 2.97. The number of carbonyl (C=O) groups excluding carboxylic acids is 2. The molecule has 0 radical (unpaired) electrons. The molecule has 0 aliphatic rings. The van der Waals surface area contributed by atoms with Gasteiger partial charge >= 0.3 is 0 Å². The average molecular weight is 331 g/mol. The van der Waals surface area contributed by atoms with Gasteiger partial charge in [-0.25, -0.2) is 0 Å². The number of hydrogen-bond donors (Lipinski definition) is 2. The van der Waals surface area contributed by atoms with E-state index in [0.29, 0.717) is 24.6 Å². The number of nitrogens with one attached hydrogen (secondary N) is 2. The number of para-hydroxylation sites is 1. The fourth-order valence-corrected chi connectivity index (χ4v) is 1.98. The topological polar surface area (TPSA) is 93.5 Å². The monoisotopic (exact) mass is 331 g/mol. The first-order valence-corrected chi connectivity index (χ1v) is 7.76. The molecule has 0 aliphatic carbocycles. The summed E-state index contributed by atoms with van der Waals surface area (Å²) in [5, 5.41) is 8.88. The van der Waals surface area contributed by atoms with Crippen molar-refractivity contribution in [2.75, 3.05) is 11.9 Å². The van der Waals surface area contributed by atoms with Crippen LogP contribution in [0.2, 0.25) is 0 Å². The molecule has 2 rings (SSSR count). The highest BCUT2D eigenvalue weighted by molar-refractivity contribution is 5.96. The van der Waals surface area contributed by atoms with Gasteiger partial charge in [0.25, 0.3) is 0 Å². The number of aromatic nitrogens is 1. The lowest BCUT2D eigenvalue weighted by Gasteiger charge is -2.13. The van der Waals surface area contributed by atoms with Crippen LogP contribution >= 0.6 is 0 Å². The maximum Gasteiger partial charge on any atom is 0.247 e. The van der Waals surface area contributed by atoms with E-state index in [0.717, 1.165) is 5.75 Å². The molecule has 2 N–H and O–H groups in total. The Morgan fingerprint density at radius 3 is 2.71 bits per heavy atom. The van der Waals surface area contributed by atoms with Gasteiger partial charge in [-0.2, -0.15) is 0 Å². The highest BCUT2D eigenvalue weighted by atomic mass is 16.5. The number of aryl methyl sites for hydroxylation is 1. The van der Waals surface area contributed by atoms with Gasteiger partial charge < -0.3 is 19.9 Å². The lowest BCUT2D eigenvalue weighted by atomic mass is 10.2. The van der Waals surface area contributed by atoms with E-state index in [1.165, 1.54) is 0 Å². The smallest absolute Gasteiger partial charge is 0.247 e. The third kappa shape index (κ3) is 5.75. The Balaban J connectivity index is 1.64. The molecule has 0 fully saturated rings. The molecule has 0 saturated heterocycles. The fraction of sp³-hybridized carbons (Fsp3) is 0.353. The van der Waals surface area contributed by atoms with Crippen molar-refractivity contribution in [1.82, 2.24) is 10.5 Å². The van der Waals surface area contributed by atoms with Crippen LogP contribution in [0.5, 0.6) is 5.75 Å². The zero-order chi connectivity index (χ0) is 17.4. The Labute approximate surface area is 140 Å². The van der Waals surface area contributed by atoms with Gasteiger partial charge in [0.2, 0.25) is 11.8 Å². The van der Waals surface area contributed by atoms with Gasteiger partial charge in [-0.1, -0.05) is 23.4 Å². The molecule has 1 atom stereocenters. The summed E-state index contributed by atoms with van der Waals surface area (Å²) in [5.41, 5.74) is 0. The van der Waals surface area contributed by atoms with E-state index >= 15 is 0 Å². The minimum Gasteiger partial charge on any atom is -0.494 e. The van der Waals surface area contributed by atoms with Crippen LogP contribution in [0.3, 0.4) is 0 Å². The van der Waals surface area contributed by atoms with Gasteiger partial charge in [-0.15, -0.1) is 0 Å². The SMILES string of the molecule is Cc1cc(NC(=O)[C@H](C)NC(=O)CCCOc2ccccc2)no1. The van der Waals surface area contributed by atoms with Gasteiger partial charge in [0.15, 0.2) is 5.82 Å². The molecule has 7 heteroatoms. The molecule has 2 aromatic rings. The minimum atomic E-state index is -0.662. The van der Waals surface area contributed by atoms with Gasteiger partial charge in [0.1, 0.15) is 17.6 Å². The number of amides is 2. The van der Waals surface area contributed by atoms with Crippen molar-refractivity contribution < 1.29 is 18.8 Å². The second kappa shape index (κ2) is 8.71. The van der Waals surface area contributed by atoms with Crippen LogP contribution in [-0.2, 0) is 9.59 Å². The molecule has 128 valence electrons. The highest BCUT2D eigenvalue weighted by Crippen LogP contribution is 2.09. The third-order valence-electron chi connectivity index (χ3n) is 3.21. The lowest BCUT2D eigenvalue weighted by molar-refractivity contribution is -0.126. The number of hydrogen-bond acceptors (Lipinski definition) is 5. The van der Waals surface area contributed by atoms with E-state index in [-0.39, 0.29) is 18.2 Å². The summed E-state index contributed by atoms with van der Waals surface area (Å²) < 4.78 is 10.4. The Morgan fingerprint density at radius 2 is 2.04 bits per heavy atom. The first-order valence-electron chi connectivity index (χ1n) is 7.76. The molecule has 0 saturated carbocycles. The standard InChI is InChI=1S/C17H21N3O4/c1-12-11-15(20-24-12)19-17(22)13(2)18-16(21)9-6-10-23-14-7-4-3-5-8-14/h3-5,7-8,11,13H,6,9-10H2,1-2H3,(H,18,21)(H,19,20,22)/t13-/m0/s1. The van der Waals surface area contributed by atoms with E-state index in [2.05, 4.69) is 15.8 Å². The molecule has 24 heavy (non-hydrogen) atoms. The van der Waals surface area contributed by atoms with Crippen molar-refractivity contribution in [3.05, 3.63) is 42.2 Å². The molecule has 0 aliphatic heterocycles. The Hall–Kier alpha value is -2.83. The molecule has 1 aromatic heterocycles. The largest absolute Gasteiger partial charge is 0.494 e. The quantitative estimate of drug-likeness (QED) is 0.724. The first kappa shape index (κ1) is 17.5. The second-order valence-corrected chi connectivity index (χ2v) is 5.37. The van der Waals surface area contributed by atoms with E-state index in [1.54, 1.807) is 19.9 Å². The van der Waals surface area contributed by atoms with E-state index < -0.39 is 6.04 Å². The molecule has 0 spiro atoms. The van der Waals surface area contributed by atoms with Gasteiger partial charge in [0.05, 0.1) is 6.61 Å². The van der Waals surface area contributed by atoms with Crippen LogP contribution in [0.1, 0.15) is 25.5 Å². The van der Waals surface area contributed by atoms with Gasteiger partial charge in [-0.05, 0) is 32.4 Å². The summed E-state index contributed by atoms with van der Waals surface area (Å²) in [4.78, 5) is 23.8. The van der Waals surface area contributed by atoms with Crippen molar-refractivity contribution in [3.8, 4) is 5.75 Å². The lowest BCUT2D eigenvalue weighted by Crippen LogP contribution is -2.41. The van der Waals surface area contributed by atoms with Crippen molar-refractivity contribution in [3.63, 3.8) is 0 Å². The normalized spacial score (nSPS) is 11.6. The molecular formula is C17H21N3O4. The van der Waals surface area contributed by atoms with Crippen LogP contribution in [0.15, 0.2) is 40.9 Å². The van der Waals surface area contributed by atoms with E-state index in [4.69, 9.17) is 9.26 Å². The molecule has 1 aromatic carbocycles. The number of ether oxygens (including phenoxy) is 1. The Bertz CT molecular complexity index is 669. The Kier molecular flexibility index (Phi) is 6.36. The number of carbonyl (C=O) groups is 2. The number of nitrogens with zero attached hydrogens (tertiary/aromatic N) is 1. The summed E-state index contributed by atoms with van der Waals surface area (Å²) in [6.07, 6.45) is 0.852. The molecule has 7 nitrogen and oxygen atoms in total. The van der Waals surface area contributed by atoms with Crippen LogP contribution < -0.4 is 15.4 Å². The summed E-state index contributed by atoms with van der Waals surface area (Å²) in [6.45, 7) is 3.78. The molecule has 0 bridgehead atoms. The van der Waals surface area contributed by atoms with Gasteiger partial charge in [-0.3, -0.25) is 9.59 Å². The minimum absolute atomic E-state index is 0.203. The molecule has 1 heterocycles. The zero-order valence-corrected chi connectivity index (χ0v) is 13.7. The summed E-state index contributed by atoms with van der Waals surface area (Å²) in [7, 11) is 0. The summed E-state index contributed by atoms with van der Waals surface area (Å²) >= 11 is 0. The zero-order valence-electron chi connectivity index (χ0n) is 13.7. The predicted molar refractivity (Wildman–Crippen MR) is 88.6 cm³/mol. The van der Waals surface area contributed by atoms with Crippen LogP contribution in [-0.4, -0.2) is 29.6 Å². The van der Waals surface area contributed by atoms with Crippen LogP contribution in [0, 0.1) is 6.92 Å². The van der Waals surface area contributed by atoms with E-state index in [1.807, 2.05) is 30.3 Å². The van der Waals surface area contributed by atoms with Crippen LogP contribution in [0.4, 0.5) is 5.82 Å². The third-order valence-corrected chi connectivity index (χ3v) is 3.21. The second-order valence-electron chi connectivity index (χ2n) is 5.37. The molecule has 0 unspecified atom stereocenters. The predicted octanol–water partition coefficient (Wildman–Crippen LogP) is 2.29. The van der Waals surface area contributed by atoms with Crippen molar-refractivity contribution in [2.45, 2.75) is 32.7 Å².